The Morgan fingerprint density at radius 1 is 1.42 bits per heavy atom. The quantitative estimate of drug-likeness (QED) is 0.850. The fourth-order valence-electron chi connectivity index (χ4n) is 3.14. The Balaban J connectivity index is 1.97. The van der Waals surface area contributed by atoms with Crippen LogP contribution in [0.2, 0.25) is 0 Å². The second kappa shape index (κ2) is 7.36. The zero-order chi connectivity index (χ0) is 18.9. The monoisotopic (exact) mass is 379 g/mol. The molecule has 2 aliphatic rings. The number of amidine groups is 1. The zero-order valence-corrected chi connectivity index (χ0v) is 16.2. The molecule has 1 aromatic carbocycles. The molecule has 8 heteroatoms. The first kappa shape index (κ1) is 18.8. The average Bonchev–Trinajstić information content (AvgIpc) is 3.10. The van der Waals surface area contributed by atoms with Crippen molar-refractivity contribution in [3.8, 4) is 0 Å². The second-order valence-corrected chi connectivity index (χ2v) is 8.48. The molecule has 1 atom stereocenters. The number of carbonyl (C=O) groups excluding carboxylic acids is 1. The Kier molecular flexibility index (Phi) is 5.34. The van der Waals surface area contributed by atoms with Gasteiger partial charge in [0.2, 0.25) is 5.91 Å². The highest BCUT2D eigenvalue weighted by Crippen LogP contribution is 2.35. The minimum absolute atomic E-state index is 0.0701. The first-order valence-electron chi connectivity index (χ1n) is 8.99. The van der Waals surface area contributed by atoms with Crippen molar-refractivity contribution in [2.24, 2.45) is 10.3 Å². The van der Waals surface area contributed by atoms with Crippen molar-refractivity contribution < 1.29 is 17.9 Å². The van der Waals surface area contributed by atoms with E-state index in [1.165, 1.54) is 6.07 Å². The summed E-state index contributed by atoms with van der Waals surface area (Å²) >= 11 is 0. The van der Waals surface area contributed by atoms with Gasteiger partial charge in [0.05, 0.1) is 18.3 Å². The molecule has 1 fully saturated rings. The van der Waals surface area contributed by atoms with E-state index in [9.17, 15) is 13.2 Å². The SMILES string of the molecule is CCC1=NS(=O)(=O)c2cc(NC(=O)C(C)C)ccc2N1C[C@H]1CCCO1. The Labute approximate surface area is 154 Å². The third kappa shape index (κ3) is 3.76. The minimum Gasteiger partial charge on any atom is -0.376 e. The zero-order valence-electron chi connectivity index (χ0n) is 15.4. The summed E-state index contributed by atoms with van der Waals surface area (Å²) in [5.74, 6) is 0.169. The van der Waals surface area contributed by atoms with Crippen LogP contribution in [0, 0.1) is 5.92 Å². The third-order valence-electron chi connectivity index (χ3n) is 4.58. The summed E-state index contributed by atoms with van der Waals surface area (Å²) < 4.78 is 35.0. The number of hydrogen-bond donors (Lipinski definition) is 1. The van der Waals surface area contributed by atoms with Crippen molar-refractivity contribution in [2.45, 2.75) is 51.0 Å². The van der Waals surface area contributed by atoms with E-state index in [0.29, 0.717) is 30.2 Å². The second-order valence-electron chi connectivity index (χ2n) is 6.91. The number of nitrogens with zero attached hydrogens (tertiary/aromatic N) is 2. The van der Waals surface area contributed by atoms with Crippen LogP contribution in [-0.4, -0.2) is 39.4 Å². The van der Waals surface area contributed by atoms with E-state index >= 15 is 0 Å². The number of ether oxygens (including phenoxy) is 1. The molecule has 3 rings (SSSR count). The van der Waals surface area contributed by atoms with Gasteiger partial charge in [-0.15, -0.1) is 4.40 Å². The first-order valence-corrected chi connectivity index (χ1v) is 10.4. The predicted octanol–water partition coefficient (Wildman–Crippen LogP) is 2.78. The van der Waals surface area contributed by atoms with E-state index in [1.54, 1.807) is 26.0 Å². The maximum Gasteiger partial charge on any atom is 0.286 e. The van der Waals surface area contributed by atoms with Crippen LogP contribution in [0.5, 0.6) is 0 Å². The van der Waals surface area contributed by atoms with E-state index < -0.39 is 10.0 Å². The number of amides is 1. The molecule has 2 aliphatic heterocycles. The van der Waals surface area contributed by atoms with Gasteiger partial charge >= 0.3 is 0 Å². The van der Waals surface area contributed by atoms with Crippen LogP contribution in [0.25, 0.3) is 0 Å². The normalized spacial score (nSPS) is 21.5. The highest BCUT2D eigenvalue weighted by molar-refractivity contribution is 7.90. The number of rotatable bonds is 5. The summed E-state index contributed by atoms with van der Waals surface area (Å²) in [6.07, 6.45) is 2.55. The van der Waals surface area contributed by atoms with Gasteiger partial charge in [-0.25, -0.2) is 0 Å². The standard InChI is InChI=1S/C18H25N3O4S/c1-4-17-20-26(23,24)16-10-13(19-18(22)12(2)3)7-8-15(16)21(17)11-14-6-5-9-25-14/h7-8,10,12,14H,4-6,9,11H2,1-3H3,(H,19,22)/t14-/m1/s1. The maximum absolute atomic E-state index is 12.6. The van der Waals surface area contributed by atoms with Gasteiger partial charge in [0.25, 0.3) is 10.0 Å². The third-order valence-corrected chi connectivity index (χ3v) is 5.92. The molecule has 0 unspecified atom stereocenters. The maximum atomic E-state index is 12.6. The van der Waals surface area contributed by atoms with Gasteiger partial charge in [0.1, 0.15) is 10.7 Å². The lowest BCUT2D eigenvalue weighted by atomic mass is 10.1. The number of carbonyl (C=O) groups is 1. The summed E-state index contributed by atoms with van der Waals surface area (Å²) in [5, 5.41) is 2.75. The number of benzene rings is 1. The van der Waals surface area contributed by atoms with Crippen molar-refractivity contribution in [2.75, 3.05) is 23.4 Å². The molecule has 1 aromatic rings. The van der Waals surface area contributed by atoms with Gasteiger partial charge in [0.15, 0.2) is 0 Å². The summed E-state index contributed by atoms with van der Waals surface area (Å²) in [5.41, 5.74) is 1.05. The molecule has 142 valence electrons. The van der Waals surface area contributed by atoms with Crippen molar-refractivity contribution in [1.29, 1.82) is 0 Å². The fourth-order valence-corrected chi connectivity index (χ4v) is 4.46. The lowest BCUT2D eigenvalue weighted by Crippen LogP contribution is -2.40. The highest BCUT2D eigenvalue weighted by atomic mass is 32.2. The summed E-state index contributed by atoms with van der Waals surface area (Å²) in [7, 11) is -3.79. The summed E-state index contributed by atoms with van der Waals surface area (Å²) in [4.78, 5) is 14.0. The molecule has 0 aliphatic carbocycles. The molecule has 0 bridgehead atoms. The van der Waals surface area contributed by atoms with Crippen LogP contribution in [0.4, 0.5) is 11.4 Å². The van der Waals surface area contributed by atoms with Gasteiger partial charge in [-0.05, 0) is 31.0 Å². The van der Waals surface area contributed by atoms with Gasteiger partial charge < -0.3 is 15.0 Å². The van der Waals surface area contributed by atoms with Crippen molar-refractivity contribution in [1.82, 2.24) is 0 Å². The van der Waals surface area contributed by atoms with Crippen LogP contribution in [0.15, 0.2) is 27.5 Å². The molecule has 26 heavy (non-hydrogen) atoms. The molecule has 1 amide bonds. The molecular weight excluding hydrogens is 354 g/mol. The first-order chi connectivity index (χ1) is 12.3. The molecular formula is C18H25N3O4S. The smallest absolute Gasteiger partial charge is 0.286 e. The van der Waals surface area contributed by atoms with Crippen molar-refractivity contribution in [3.63, 3.8) is 0 Å². The number of fused-ring (bicyclic) bond motifs is 1. The molecule has 0 spiro atoms. The molecule has 0 aromatic heterocycles. The molecule has 0 radical (unpaired) electrons. The number of anilines is 2. The Morgan fingerprint density at radius 2 is 2.19 bits per heavy atom. The van der Waals surface area contributed by atoms with E-state index in [-0.39, 0.29) is 22.8 Å². The van der Waals surface area contributed by atoms with Gasteiger partial charge in [-0.2, -0.15) is 8.42 Å². The van der Waals surface area contributed by atoms with Gasteiger partial charge in [-0.1, -0.05) is 20.8 Å². The Bertz CT molecular complexity index is 827. The highest BCUT2D eigenvalue weighted by Gasteiger charge is 2.32. The van der Waals surface area contributed by atoms with Crippen LogP contribution in [0.3, 0.4) is 0 Å². The topological polar surface area (TPSA) is 88.1 Å². The van der Waals surface area contributed by atoms with E-state index in [4.69, 9.17) is 4.74 Å². The molecule has 1 saturated heterocycles. The number of hydrogen-bond acceptors (Lipinski definition) is 5. The Morgan fingerprint density at radius 3 is 2.81 bits per heavy atom. The van der Waals surface area contributed by atoms with Crippen LogP contribution in [0.1, 0.15) is 40.0 Å². The molecule has 7 nitrogen and oxygen atoms in total. The lowest BCUT2D eigenvalue weighted by molar-refractivity contribution is -0.118. The number of nitrogens with one attached hydrogen (secondary N) is 1. The molecule has 2 heterocycles. The Hall–Kier alpha value is -1.93. The fraction of sp³-hybridized carbons (Fsp3) is 0.556. The molecule has 0 saturated carbocycles. The summed E-state index contributed by atoms with van der Waals surface area (Å²) in [6.45, 7) is 6.77. The van der Waals surface area contributed by atoms with Crippen LogP contribution >= 0.6 is 0 Å². The van der Waals surface area contributed by atoms with Gasteiger partial charge in [0, 0.05) is 24.6 Å². The molecule has 1 N–H and O–H groups in total. The van der Waals surface area contributed by atoms with Crippen LogP contribution < -0.4 is 10.2 Å². The average molecular weight is 379 g/mol. The van der Waals surface area contributed by atoms with E-state index in [1.807, 2.05) is 11.8 Å². The minimum atomic E-state index is -3.79. The van der Waals surface area contributed by atoms with Crippen molar-refractivity contribution in [3.05, 3.63) is 18.2 Å². The van der Waals surface area contributed by atoms with E-state index in [0.717, 1.165) is 19.4 Å². The number of sulfonamides is 1. The van der Waals surface area contributed by atoms with E-state index in [2.05, 4.69) is 9.71 Å². The van der Waals surface area contributed by atoms with Gasteiger partial charge in [-0.3, -0.25) is 4.79 Å². The lowest BCUT2D eigenvalue weighted by Gasteiger charge is -2.32. The van der Waals surface area contributed by atoms with Crippen molar-refractivity contribution >= 4 is 33.1 Å². The predicted molar refractivity (Wildman–Crippen MR) is 101 cm³/mol. The largest absolute Gasteiger partial charge is 0.376 e. The van der Waals surface area contributed by atoms with Crippen LogP contribution in [-0.2, 0) is 19.6 Å². The summed E-state index contributed by atoms with van der Waals surface area (Å²) in [6, 6.07) is 4.96.